The summed E-state index contributed by atoms with van der Waals surface area (Å²) in [5, 5.41) is 0. The maximum absolute atomic E-state index is 12.5. The monoisotopic (exact) mass is 238 g/mol. The Kier molecular flexibility index (Phi) is 3.76. The minimum Gasteiger partial charge on any atom is -0.345 e. The van der Waals surface area contributed by atoms with Crippen LogP contribution in [0.1, 0.15) is 45.4 Å². The van der Waals surface area contributed by atoms with Crippen molar-refractivity contribution >= 4 is 5.91 Å². The van der Waals surface area contributed by atoms with Crippen LogP contribution in [0.25, 0.3) is 0 Å². The Morgan fingerprint density at radius 1 is 1.35 bits per heavy atom. The van der Waals surface area contributed by atoms with Crippen molar-refractivity contribution in [3.05, 3.63) is 0 Å². The molecule has 98 valence electrons. The van der Waals surface area contributed by atoms with E-state index >= 15 is 0 Å². The number of carbonyl (C=O) groups excluding carboxylic acids is 1. The fourth-order valence-corrected chi connectivity index (χ4v) is 3.77. The molecule has 3 heteroatoms. The molecule has 0 aromatic heterocycles. The first-order valence-electron chi connectivity index (χ1n) is 7.03. The van der Waals surface area contributed by atoms with Crippen LogP contribution in [-0.4, -0.2) is 30.9 Å². The standard InChI is InChI=1S/C14H26N2O/c1-11-7-14(8-11,10-15)13(17)16(2)9-12-5-3-4-6-12/h11-12H,3-10,15H2,1-2H3. The third kappa shape index (κ3) is 2.49. The van der Waals surface area contributed by atoms with Crippen molar-refractivity contribution in [1.82, 2.24) is 4.90 Å². The smallest absolute Gasteiger partial charge is 0.229 e. The summed E-state index contributed by atoms with van der Waals surface area (Å²) in [4.78, 5) is 14.4. The van der Waals surface area contributed by atoms with Gasteiger partial charge in [-0.05, 0) is 37.5 Å². The first kappa shape index (κ1) is 12.9. The van der Waals surface area contributed by atoms with Gasteiger partial charge in [0.05, 0.1) is 5.41 Å². The topological polar surface area (TPSA) is 46.3 Å². The molecule has 0 radical (unpaired) electrons. The molecule has 0 spiro atoms. The van der Waals surface area contributed by atoms with E-state index in [9.17, 15) is 4.79 Å². The molecule has 2 fully saturated rings. The predicted octanol–water partition coefficient (Wildman–Crippen LogP) is 2.01. The number of rotatable bonds is 4. The zero-order chi connectivity index (χ0) is 12.5. The lowest BCUT2D eigenvalue weighted by Gasteiger charge is -2.46. The summed E-state index contributed by atoms with van der Waals surface area (Å²) in [6.07, 6.45) is 7.24. The predicted molar refractivity (Wildman–Crippen MR) is 69.5 cm³/mol. The van der Waals surface area contributed by atoms with E-state index < -0.39 is 0 Å². The number of hydrogen-bond acceptors (Lipinski definition) is 2. The summed E-state index contributed by atoms with van der Waals surface area (Å²) < 4.78 is 0. The third-order valence-electron chi connectivity index (χ3n) is 4.68. The van der Waals surface area contributed by atoms with Crippen molar-refractivity contribution in [1.29, 1.82) is 0 Å². The van der Waals surface area contributed by atoms with Crippen molar-refractivity contribution in [3.8, 4) is 0 Å². The van der Waals surface area contributed by atoms with Crippen molar-refractivity contribution in [3.63, 3.8) is 0 Å². The number of hydrogen-bond donors (Lipinski definition) is 1. The van der Waals surface area contributed by atoms with Crippen molar-refractivity contribution in [2.75, 3.05) is 20.1 Å². The molecule has 3 nitrogen and oxygen atoms in total. The largest absolute Gasteiger partial charge is 0.345 e. The van der Waals surface area contributed by atoms with Gasteiger partial charge in [0.25, 0.3) is 0 Å². The average molecular weight is 238 g/mol. The molecule has 0 bridgehead atoms. The van der Waals surface area contributed by atoms with E-state index in [1.807, 2.05) is 11.9 Å². The maximum atomic E-state index is 12.5. The molecule has 2 saturated carbocycles. The molecular weight excluding hydrogens is 212 g/mol. The Morgan fingerprint density at radius 2 is 1.94 bits per heavy atom. The van der Waals surface area contributed by atoms with Crippen LogP contribution in [0.3, 0.4) is 0 Å². The minimum absolute atomic E-state index is 0.216. The summed E-state index contributed by atoms with van der Waals surface area (Å²) in [6, 6.07) is 0. The van der Waals surface area contributed by atoms with E-state index in [1.54, 1.807) is 0 Å². The van der Waals surface area contributed by atoms with E-state index in [1.165, 1.54) is 25.7 Å². The van der Waals surface area contributed by atoms with Crippen LogP contribution in [-0.2, 0) is 4.79 Å². The van der Waals surface area contributed by atoms with Gasteiger partial charge in [0.2, 0.25) is 5.91 Å². The highest BCUT2D eigenvalue weighted by Crippen LogP contribution is 2.46. The van der Waals surface area contributed by atoms with Crippen LogP contribution in [0.2, 0.25) is 0 Å². The van der Waals surface area contributed by atoms with Gasteiger partial charge in [-0.2, -0.15) is 0 Å². The highest BCUT2D eigenvalue weighted by molar-refractivity contribution is 5.83. The van der Waals surface area contributed by atoms with Gasteiger partial charge in [0.1, 0.15) is 0 Å². The Bertz CT molecular complexity index is 278. The quantitative estimate of drug-likeness (QED) is 0.814. The molecule has 0 saturated heterocycles. The SMILES string of the molecule is CC1CC(CN)(C(=O)N(C)CC2CCCC2)C1. The summed E-state index contributed by atoms with van der Waals surface area (Å²) in [6.45, 7) is 3.66. The number of nitrogens with zero attached hydrogens (tertiary/aromatic N) is 1. The summed E-state index contributed by atoms with van der Waals surface area (Å²) in [5.41, 5.74) is 5.61. The second kappa shape index (κ2) is 4.97. The molecule has 0 heterocycles. The molecule has 1 amide bonds. The van der Waals surface area contributed by atoms with Gasteiger partial charge in [-0.15, -0.1) is 0 Å². The Labute approximate surface area is 105 Å². The molecule has 2 aliphatic rings. The number of nitrogens with two attached hydrogens (primary N) is 1. The first-order chi connectivity index (χ1) is 8.07. The van der Waals surface area contributed by atoms with Crippen LogP contribution in [0, 0.1) is 17.3 Å². The lowest BCUT2D eigenvalue weighted by molar-refractivity contribution is -0.148. The van der Waals surface area contributed by atoms with Gasteiger partial charge in [-0.1, -0.05) is 19.8 Å². The summed E-state index contributed by atoms with van der Waals surface area (Å²) >= 11 is 0. The Balaban J connectivity index is 1.89. The van der Waals surface area contributed by atoms with Crippen molar-refractivity contribution < 1.29 is 4.79 Å². The molecule has 2 aliphatic carbocycles. The minimum atomic E-state index is -0.216. The molecule has 0 unspecified atom stereocenters. The average Bonchev–Trinajstić information content (AvgIpc) is 2.76. The lowest BCUT2D eigenvalue weighted by atomic mass is 9.62. The highest BCUT2D eigenvalue weighted by Gasteiger charge is 2.48. The zero-order valence-corrected chi connectivity index (χ0v) is 11.2. The molecule has 0 aliphatic heterocycles. The highest BCUT2D eigenvalue weighted by atomic mass is 16.2. The molecule has 0 aromatic carbocycles. The molecule has 2 rings (SSSR count). The maximum Gasteiger partial charge on any atom is 0.229 e. The van der Waals surface area contributed by atoms with Crippen LogP contribution in [0.15, 0.2) is 0 Å². The van der Waals surface area contributed by atoms with Crippen LogP contribution < -0.4 is 5.73 Å². The van der Waals surface area contributed by atoms with Crippen molar-refractivity contribution in [2.45, 2.75) is 45.4 Å². The zero-order valence-electron chi connectivity index (χ0n) is 11.2. The molecule has 17 heavy (non-hydrogen) atoms. The normalized spacial score (nSPS) is 33.5. The Morgan fingerprint density at radius 3 is 2.41 bits per heavy atom. The Hall–Kier alpha value is -0.570. The van der Waals surface area contributed by atoms with Crippen LogP contribution in [0.4, 0.5) is 0 Å². The molecule has 0 atom stereocenters. The molecular formula is C14H26N2O. The van der Waals surface area contributed by atoms with E-state index in [-0.39, 0.29) is 5.41 Å². The fraction of sp³-hybridized carbons (Fsp3) is 0.929. The van der Waals surface area contributed by atoms with Gasteiger partial charge in [-0.3, -0.25) is 4.79 Å². The molecule has 2 N–H and O–H groups in total. The van der Waals surface area contributed by atoms with Crippen molar-refractivity contribution in [2.24, 2.45) is 23.0 Å². The lowest BCUT2D eigenvalue weighted by Crippen LogP contribution is -2.54. The third-order valence-corrected chi connectivity index (χ3v) is 4.68. The van der Waals surface area contributed by atoms with Gasteiger partial charge >= 0.3 is 0 Å². The van der Waals surface area contributed by atoms with Gasteiger partial charge in [0.15, 0.2) is 0 Å². The van der Waals surface area contributed by atoms with Crippen LogP contribution >= 0.6 is 0 Å². The van der Waals surface area contributed by atoms with Crippen LogP contribution in [0.5, 0.6) is 0 Å². The van der Waals surface area contributed by atoms with Gasteiger partial charge < -0.3 is 10.6 Å². The molecule has 0 aromatic rings. The van der Waals surface area contributed by atoms with E-state index in [2.05, 4.69) is 6.92 Å². The number of amides is 1. The summed E-state index contributed by atoms with van der Waals surface area (Å²) in [7, 11) is 1.96. The van der Waals surface area contributed by atoms with Gasteiger partial charge in [-0.25, -0.2) is 0 Å². The van der Waals surface area contributed by atoms with E-state index in [4.69, 9.17) is 5.73 Å². The second-order valence-corrected chi connectivity index (χ2v) is 6.33. The van der Waals surface area contributed by atoms with E-state index in [0.29, 0.717) is 18.4 Å². The van der Waals surface area contributed by atoms with E-state index in [0.717, 1.165) is 25.3 Å². The fourth-order valence-electron chi connectivity index (χ4n) is 3.77. The first-order valence-corrected chi connectivity index (χ1v) is 7.03. The van der Waals surface area contributed by atoms with Gasteiger partial charge in [0, 0.05) is 20.1 Å². The summed E-state index contributed by atoms with van der Waals surface area (Å²) in [5.74, 6) is 1.70. The number of carbonyl (C=O) groups is 1. The second-order valence-electron chi connectivity index (χ2n) is 6.33.